The van der Waals surface area contributed by atoms with Gasteiger partial charge in [0.1, 0.15) is 13.2 Å². The lowest BCUT2D eigenvalue weighted by atomic mass is 10.0. The second-order valence-corrected chi connectivity index (χ2v) is 25.1. The summed E-state index contributed by atoms with van der Waals surface area (Å²) >= 11 is 0. The third-order valence-corrected chi connectivity index (χ3v) is 15.0. The maximum atomic E-state index is 13.0. The van der Waals surface area contributed by atoms with E-state index >= 15 is 0 Å². The fraction of sp³-hybridized carbons (Fsp3) is 0.570. The summed E-state index contributed by atoms with van der Waals surface area (Å²) in [5.41, 5.74) is 0. The molecule has 0 aliphatic rings. The van der Waals surface area contributed by atoms with Crippen LogP contribution in [0.5, 0.6) is 0 Å². The van der Waals surface area contributed by atoms with E-state index in [4.69, 9.17) is 18.9 Å². The molecule has 0 heterocycles. The van der Waals surface area contributed by atoms with Gasteiger partial charge in [-0.15, -0.1) is 0 Å². The van der Waals surface area contributed by atoms with E-state index in [1.807, 2.05) is 21.1 Å². The van der Waals surface area contributed by atoms with Crippen LogP contribution in [0.25, 0.3) is 0 Å². The van der Waals surface area contributed by atoms with Crippen molar-refractivity contribution in [1.82, 2.24) is 0 Å². The van der Waals surface area contributed by atoms with Gasteiger partial charge in [-0.2, -0.15) is 0 Å². The number of carboxylic acid groups (broad SMARTS) is 1. The van der Waals surface area contributed by atoms with Crippen LogP contribution < -0.4 is 0 Å². The van der Waals surface area contributed by atoms with Crippen LogP contribution >= 0.6 is 0 Å². The number of carbonyl (C=O) groups excluding carboxylic acids is 2. The number of nitrogens with zero attached hydrogens (tertiary/aromatic N) is 1. The summed E-state index contributed by atoms with van der Waals surface area (Å²) < 4.78 is 23.0. The third-order valence-electron chi connectivity index (χ3n) is 15.0. The van der Waals surface area contributed by atoms with Gasteiger partial charge in [0.2, 0.25) is 0 Å². The molecule has 0 aliphatic heterocycles. The number of carbonyl (C=O) groups is 3. The van der Waals surface area contributed by atoms with Gasteiger partial charge in [-0.3, -0.25) is 9.59 Å². The van der Waals surface area contributed by atoms with Crippen molar-refractivity contribution in [3.05, 3.63) is 207 Å². The zero-order chi connectivity index (χ0) is 69.0. The number of likely N-dealkylation sites (N-methyl/N-ethyl adjacent to an activating group) is 1. The molecule has 0 aromatic rings. The van der Waals surface area contributed by atoms with Crippen molar-refractivity contribution < 1.29 is 42.9 Å². The van der Waals surface area contributed by atoms with Gasteiger partial charge < -0.3 is 28.5 Å². The summed E-state index contributed by atoms with van der Waals surface area (Å²) in [5.74, 6) is -2.06. The largest absolute Gasteiger partial charge is 0.477 e. The van der Waals surface area contributed by atoms with Gasteiger partial charge in [-0.1, -0.05) is 304 Å². The summed E-state index contributed by atoms with van der Waals surface area (Å²) in [6.45, 7) is 4.60. The Kier molecular flexibility index (Phi) is 68.9. The average molecular weight is 1310 g/mol. The molecule has 2 atom stereocenters. The van der Waals surface area contributed by atoms with E-state index in [0.29, 0.717) is 23.9 Å². The van der Waals surface area contributed by atoms with Crippen LogP contribution in [0.1, 0.15) is 258 Å². The molecule has 2 unspecified atom stereocenters. The number of esters is 2. The van der Waals surface area contributed by atoms with Gasteiger partial charge in [0.15, 0.2) is 6.10 Å². The number of hydrogen-bond donors (Lipinski definition) is 1. The molecule has 9 heteroatoms. The molecule has 0 radical (unpaired) electrons. The Morgan fingerprint density at radius 2 is 0.568 bits per heavy atom. The van der Waals surface area contributed by atoms with Crippen molar-refractivity contribution in [3.63, 3.8) is 0 Å². The van der Waals surface area contributed by atoms with Crippen molar-refractivity contribution in [2.45, 2.75) is 270 Å². The Morgan fingerprint density at radius 3 is 0.842 bits per heavy atom. The number of hydrogen-bond acceptors (Lipinski definition) is 7. The molecular weight excluding hydrogens is 1170 g/mol. The normalized spacial score (nSPS) is 13.9. The summed E-state index contributed by atoms with van der Waals surface area (Å²) in [4.78, 5) is 37.7. The summed E-state index contributed by atoms with van der Waals surface area (Å²) in [6.07, 6.45) is 112. The fourth-order valence-electron chi connectivity index (χ4n) is 9.43. The molecule has 0 aromatic heterocycles. The molecule has 0 saturated heterocycles. The van der Waals surface area contributed by atoms with E-state index in [1.165, 1.54) is 64.2 Å². The van der Waals surface area contributed by atoms with Crippen LogP contribution in [0, 0.1) is 0 Å². The number of allylic oxidation sites excluding steroid dienone is 34. The predicted octanol–water partition coefficient (Wildman–Crippen LogP) is 23.9. The number of carboxylic acids is 1. The number of quaternary nitrogens is 1. The molecule has 95 heavy (non-hydrogen) atoms. The molecule has 9 nitrogen and oxygen atoms in total. The first-order chi connectivity index (χ1) is 46.6. The third kappa shape index (κ3) is 75.1. The standard InChI is InChI=1S/C86H135NO8/c1-6-8-10-12-14-16-18-20-22-24-26-28-30-32-34-36-37-38-39-40-41-42-43-44-45-46-47-49-51-53-55-57-59-61-63-65-67-69-71-73-75-77-84(89)95-82(81-94-86(85(90)91)92-79-78-87(3,4)5)80-93-83(88)76-74-72-70-68-66-64-62-60-58-56-54-52-50-48-35-33-31-29-27-25-23-21-19-17-15-13-11-9-7-2/h8-11,14-17,20-23,26-29,32-35,37-38,40-41,43-44,46-47,50,52,56,58,62,64,82,86H,6-7,12-13,18-19,24-25,30-31,36,39,42,45,48-49,51,53-55,57,59-61,63,65-81H2,1-5H3/p+1/b10-8-,11-9-,16-14-,17-15-,22-20-,23-21-,28-26-,29-27-,34-32-,35-33-,38-37-,41-40-,44-43-,47-46-,52-50-,58-56-,64-62-. The molecule has 0 rings (SSSR count). The molecule has 0 saturated carbocycles. The number of aliphatic carboxylic acids is 1. The van der Waals surface area contributed by atoms with Gasteiger partial charge in [0.25, 0.3) is 6.29 Å². The highest BCUT2D eigenvalue weighted by molar-refractivity contribution is 5.71. The number of rotatable bonds is 66. The number of ether oxygens (including phenoxy) is 4. The Morgan fingerprint density at radius 1 is 0.316 bits per heavy atom. The molecule has 0 bridgehead atoms. The Labute approximate surface area is 582 Å². The molecule has 0 aliphatic carbocycles. The van der Waals surface area contributed by atoms with E-state index in [-0.39, 0.29) is 38.6 Å². The molecular formula is C86H136NO8+. The highest BCUT2D eigenvalue weighted by Gasteiger charge is 2.25. The lowest BCUT2D eigenvalue weighted by Crippen LogP contribution is -2.40. The van der Waals surface area contributed by atoms with Crippen molar-refractivity contribution >= 4 is 17.9 Å². The SMILES string of the molecule is CC/C=C\C/C=C\C/C=C\C/C=C\C/C=C\C/C=C\C/C=C\C/C=C\C/C=C\CCCCCCCCCCCCCCCC(=O)OC(COC(=O)CCCCCC/C=C\C/C=C\C/C=C\C/C=C\C/C=C\C/C=C\C/C=C\C/C=C\CC)COC(OCC[N+](C)(C)C)C(=O)O. The Balaban J connectivity index is 4.19. The minimum Gasteiger partial charge on any atom is -0.477 e. The highest BCUT2D eigenvalue weighted by atomic mass is 16.7. The summed E-state index contributed by atoms with van der Waals surface area (Å²) in [5, 5.41) is 9.76. The maximum absolute atomic E-state index is 13.0. The second-order valence-electron chi connectivity index (χ2n) is 25.1. The summed E-state index contributed by atoms with van der Waals surface area (Å²) in [7, 11) is 5.96. The van der Waals surface area contributed by atoms with Gasteiger partial charge in [-0.25, -0.2) is 4.79 Å². The van der Waals surface area contributed by atoms with E-state index < -0.39 is 24.3 Å². The first kappa shape index (κ1) is 88.9. The van der Waals surface area contributed by atoms with E-state index in [0.717, 1.165) is 154 Å². The van der Waals surface area contributed by atoms with Crippen LogP contribution in [-0.4, -0.2) is 87.4 Å². The lowest BCUT2D eigenvalue weighted by Gasteiger charge is -2.25. The van der Waals surface area contributed by atoms with Gasteiger partial charge in [-0.05, 0) is 148 Å². The fourth-order valence-corrected chi connectivity index (χ4v) is 9.43. The van der Waals surface area contributed by atoms with Gasteiger partial charge in [0.05, 0.1) is 34.4 Å². The van der Waals surface area contributed by atoms with Crippen LogP contribution in [-0.2, 0) is 33.3 Å². The average Bonchev–Trinajstić information content (AvgIpc) is 3.54. The molecule has 532 valence electrons. The minimum atomic E-state index is -1.53. The zero-order valence-corrected chi connectivity index (χ0v) is 60.7. The topological polar surface area (TPSA) is 108 Å². The lowest BCUT2D eigenvalue weighted by molar-refractivity contribution is -0.870. The highest BCUT2D eigenvalue weighted by Crippen LogP contribution is 2.16. The van der Waals surface area contributed by atoms with Crippen molar-refractivity contribution in [3.8, 4) is 0 Å². The smallest absolute Gasteiger partial charge is 0.361 e. The van der Waals surface area contributed by atoms with Crippen LogP contribution in [0.2, 0.25) is 0 Å². The molecule has 0 aromatic carbocycles. The van der Waals surface area contributed by atoms with Crippen LogP contribution in [0.4, 0.5) is 0 Å². The molecule has 0 amide bonds. The van der Waals surface area contributed by atoms with E-state index in [1.54, 1.807) is 0 Å². The van der Waals surface area contributed by atoms with Crippen LogP contribution in [0.3, 0.4) is 0 Å². The first-order valence-corrected chi connectivity index (χ1v) is 37.2. The van der Waals surface area contributed by atoms with Crippen molar-refractivity contribution in [2.24, 2.45) is 0 Å². The monoisotopic (exact) mass is 1310 g/mol. The van der Waals surface area contributed by atoms with Crippen molar-refractivity contribution in [2.75, 3.05) is 47.5 Å². The van der Waals surface area contributed by atoms with Gasteiger partial charge in [0, 0.05) is 12.8 Å². The molecule has 0 fully saturated rings. The zero-order valence-electron chi connectivity index (χ0n) is 60.7. The van der Waals surface area contributed by atoms with Crippen LogP contribution in [0.15, 0.2) is 207 Å². The Hall–Kier alpha value is -6.13. The molecule has 0 spiro atoms. The maximum Gasteiger partial charge on any atom is 0.361 e. The summed E-state index contributed by atoms with van der Waals surface area (Å²) in [6, 6.07) is 0. The quantitative estimate of drug-likeness (QED) is 0.0211. The molecule has 1 N–H and O–H groups in total. The van der Waals surface area contributed by atoms with Gasteiger partial charge >= 0.3 is 17.9 Å². The number of unbranched alkanes of at least 4 members (excludes halogenated alkanes) is 17. The first-order valence-electron chi connectivity index (χ1n) is 37.2. The van der Waals surface area contributed by atoms with Crippen molar-refractivity contribution in [1.29, 1.82) is 0 Å². The van der Waals surface area contributed by atoms with E-state index in [9.17, 15) is 19.5 Å². The minimum absolute atomic E-state index is 0.172. The Bertz CT molecular complexity index is 2320. The van der Waals surface area contributed by atoms with E-state index in [2.05, 4.69) is 220 Å². The second kappa shape index (κ2) is 73.7. The predicted molar refractivity (Wildman–Crippen MR) is 409 cm³/mol.